The minimum absolute atomic E-state index is 0.0147. The summed E-state index contributed by atoms with van der Waals surface area (Å²) >= 11 is 0. The van der Waals surface area contributed by atoms with Crippen LogP contribution in [0.2, 0.25) is 0 Å². The standard InChI is InChI=1S/C34H34N6O2/c1-3-22-6-4-7-23-12-26(41)13-27(31(22)23)29-14-30-28(16-35-29)32(39-18-24-8-9-25(19-39)36-24)38-33(37-30)42-20-34-10-5-11-40(34)17-21(2)15-34/h1,4,6-7,12-14,16,24-25,36,41H,2,5,8-11,15,17-20H2. The second kappa shape index (κ2) is 9.69. The number of anilines is 1. The molecule has 4 aromatic rings. The maximum Gasteiger partial charge on any atom is 0.319 e. The van der Waals surface area contributed by atoms with Crippen LogP contribution in [0.15, 0.2) is 54.7 Å². The van der Waals surface area contributed by atoms with Gasteiger partial charge in [-0.05, 0) is 68.3 Å². The Balaban J connectivity index is 1.24. The van der Waals surface area contributed by atoms with Gasteiger partial charge in [0.15, 0.2) is 0 Å². The fourth-order valence-electron chi connectivity index (χ4n) is 7.79. The van der Waals surface area contributed by atoms with Crippen LogP contribution < -0.4 is 15.0 Å². The molecule has 2 N–H and O–H groups in total. The summed E-state index contributed by atoms with van der Waals surface area (Å²) in [4.78, 5) is 19.7. The van der Waals surface area contributed by atoms with Crippen LogP contribution in [0.4, 0.5) is 5.82 Å². The first kappa shape index (κ1) is 25.5. The third-order valence-electron chi connectivity index (χ3n) is 9.65. The molecule has 0 radical (unpaired) electrons. The summed E-state index contributed by atoms with van der Waals surface area (Å²) in [6.45, 7) is 8.64. The Morgan fingerprint density at radius 2 is 2.02 bits per heavy atom. The van der Waals surface area contributed by atoms with E-state index in [-0.39, 0.29) is 11.3 Å². The number of aromatic nitrogens is 3. The zero-order valence-electron chi connectivity index (χ0n) is 23.6. The van der Waals surface area contributed by atoms with Gasteiger partial charge in [0.2, 0.25) is 0 Å². The van der Waals surface area contributed by atoms with Crippen LogP contribution >= 0.6 is 0 Å². The van der Waals surface area contributed by atoms with Crippen LogP contribution in [0.3, 0.4) is 0 Å². The van der Waals surface area contributed by atoms with Crippen molar-refractivity contribution in [2.24, 2.45) is 0 Å². The minimum atomic E-state index is -0.0147. The molecule has 0 saturated carbocycles. The van der Waals surface area contributed by atoms with E-state index in [0.29, 0.717) is 30.4 Å². The molecule has 4 aliphatic heterocycles. The summed E-state index contributed by atoms with van der Waals surface area (Å²) in [5.41, 5.74) is 4.24. The molecule has 0 aliphatic carbocycles. The van der Waals surface area contributed by atoms with Gasteiger partial charge in [-0.15, -0.1) is 6.42 Å². The molecule has 6 heterocycles. The number of ether oxygens (including phenoxy) is 1. The summed E-state index contributed by atoms with van der Waals surface area (Å²) < 4.78 is 6.49. The molecular formula is C34H34N6O2. The SMILES string of the molecule is C#Cc1cccc2cc(O)cc(-c3cc4nc(OCC56CCCN5CC(=C)C6)nc(N5CC6CCC(C5)N6)c4cn3)c12. The Morgan fingerprint density at radius 1 is 1.17 bits per heavy atom. The Morgan fingerprint density at radius 3 is 2.86 bits per heavy atom. The minimum Gasteiger partial charge on any atom is -0.508 e. The first-order valence-electron chi connectivity index (χ1n) is 14.9. The van der Waals surface area contributed by atoms with Crippen molar-refractivity contribution in [2.75, 3.05) is 37.7 Å². The summed E-state index contributed by atoms with van der Waals surface area (Å²) in [6, 6.07) is 12.5. The Kier molecular flexibility index (Phi) is 5.88. The average molecular weight is 559 g/mol. The smallest absolute Gasteiger partial charge is 0.319 e. The average Bonchev–Trinajstić information content (AvgIpc) is 3.64. The van der Waals surface area contributed by atoms with Gasteiger partial charge >= 0.3 is 6.01 Å². The summed E-state index contributed by atoms with van der Waals surface area (Å²) in [6.07, 6.45) is 13.3. The van der Waals surface area contributed by atoms with Crippen LogP contribution in [0.5, 0.6) is 11.8 Å². The third-order valence-corrected chi connectivity index (χ3v) is 9.65. The van der Waals surface area contributed by atoms with E-state index in [1.807, 2.05) is 30.5 Å². The number of piperazine rings is 1. The molecule has 212 valence electrons. The number of hydrogen-bond acceptors (Lipinski definition) is 8. The zero-order chi connectivity index (χ0) is 28.4. The number of aromatic hydroxyl groups is 1. The quantitative estimate of drug-likeness (QED) is 0.271. The molecule has 0 spiro atoms. The first-order chi connectivity index (χ1) is 20.5. The third kappa shape index (κ3) is 4.19. The Labute approximate surface area is 245 Å². The highest BCUT2D eigenvalue weighted by Gasteiger charge is 2.46. The number of fused-ring (bicyclic) bond motifs is 5. The largest absolute Gasteiger partial charge is 0.508 e. The highest BCUT2D eigenvalue weighted by Crippen LogP contribution is 2.41. The highest BCUT2D eigenvalue weighted by atomic mass is 16.5. The molecule has 3 unspecified atom stereocenters. The maximum absolute atomic E-state index is 10.6. The topological polar surface area (TPSA) is 86.6 Å². The van der Waals surface area contributed by atoms with Gasteiger partial charge in [-0.25, -0.2) is 0 Å². The van der Waals surface area contributed by atoms with Crippen LogP contribution in [0, 0.1) is 12.3 Å². The molecular weight excluding hydrogens is 524 g/mol. The van der Waals surface area contributed by atoms with E-state index in [0.717, 1.165) is 77.6 Å². The van der Waals surface area contributed by atoms with E-state index in [1.54, 1.807) is 12.1 Å². The van der Waals surface area contributed by atoms with E-state index in [1.165, 1.54) is 24.8 Å². The van der Waals surface area contributed by atoms with Crippen LogP contribution in [-0.4, -0.2) is 75.4 Å². The molecule has 8 rings (SSSR count). The van der Waals surface area contributed by atoms with Gasteiger partial charge in [0.05, 0.1) is 22.1 Å². The van der Waals surface area contributed by atoms with Gasteiger partial charge in [-0.2, -0.15) is 9.97 Å². The molecule has 2 bridgehead atoms. The fraction of sp³-hybridized carbons (Fsp3) is 0.382. The van der Waals surface area contributed by atoms with Gasteiger partial charge in [0.25, 0.3) is 0 Å². The molecule has 8 heteroatoms. The van der Waals surface area contributed by atoms with Gasteiger partial charge in [-0.3, -0.25) is 9.88 Å². The second-order valence-corrected chi connectivity index (χ2v) is 12.5. The van der Waals surface area contributed by atoms with E-state index < -0.39 is 0 Å². The normalized spacial score (nSPS) is 25.3. The molecule has 0 amide bonds. The Hall–Kier alpha value is -4.19. The molecule has 4 aliphatic rings. The van der Waals surface area contributed by atoms with Gasteiger partial charge in [0.1, 0.15) is 18.2 Å². The number of phenolic OH excluding ortho intramolecular Hbond substituents is 1. The fourth-order valence-corrected chi connectivity index (χ4v) is 7.79. The molecule has 42 heavy (non-hydrogen) atoms. The predicted octanol–water partition coefficient (Wildman–Crippen LogP) is 4.65. The van der Waals surface area contributed by atoms with E-state index in [4.69, 9.17) is 26.1 Å². The molecule has 8 nitrogen and oxygen atoms in total. The summed E-state index contributed by atoms with van der Waals surface area (Å²) in [7, 11) is 0. The molecule has 4 saturated heterocycles. The highest BCUT2D eigenvalue weighted by molar-refractivity contribution is 6.02. The lowest BCUT2D eigenvalue weighted by Gasteiger charge is -2.34. The number of terminal acetylenes is 1. The van der Waals surface area contributed by atoms with Gasteiger partial charge in [0, 0.05) is 54.4 Å². The van der Waals surface area contributed by atoms with E-state index in [9.17, 15) is 5.11 Å². The number of pyridine rings is 1. The van der Waals surface area contributed by atoms with Gasteiger partial charge < -0.3 is 20.1 Å². The molecule has 3 atom stereocenters. The van der Waals surface area contributed by atoms with Crippen molar-refractivity contribution in [3.8, 4) is 35.4 Å². The number of nitrogens with one attached hydrogen (secondary N) is 1. The maximum atomic E-state index is 10.6. The van der Waals surface area contributed by atoms with Crippen molar-refractivity contribution in [3.05, 3.63) is 60.3 Å². The van der Waals surface area contributed by atoms with Crippen LogP contribution in [0.1, 0.15) is 37.7 Å². The van der Waals surface area contributed by atoms with Crippen LogP contribution in [0.25, 0.3) is 32.9 Å². The predicted molar refractivity (Wildman–Crippen MR) is 165 cm³/mol. The van der Waals surface area contributed by atoms with Crippen molar-refractivity contribution in [3.63, 3.8) is 0 Å². The molecule has 2 aromatic heterocycles. The lowest BCUT2D eigenvalue weighted by Crippen LogP contribution is -2.51. The monoisotopic (exact) mass is 558 g/mol. The number of rotatable bonds is 5. The van der Waals surface area contributed by atoms with Gasteiger partial charge in [-0.1, -0.05) is 30.2 Å². The van der Waals surface area contributed by atoms with Crippen LogP contribution in [-0.2, 0) is 0 Å². The number of hydrogen-bond donors (Lipinski definition) is 2. The second-order valence-electron chi connectivity index (χ2n) is 12.5. The Bertz CT molecular complexity index is 1780. The number of phenols is 1. The van der Waals surface area contributed by atoms with Crippen molar-refractivity contribution < 1.29 is 9.84 Å². The summed E-state index contributed by atoms with van der Waals surface area (Å²) in [5, 5.41) is 16.9. The summed E-state index contributed by atoms with van der Waals surface area (Å²) in [5.74, 6) is 3.83. The van der Waals surface area contributed by atoms with E-state index in [2.05, 4.69) is 27.6 Å². The number of nitrogens with zero attached hydrogens (tertiary/aromatic N) is 5. The van der Waals surface area contributed by atoms with Crippen molar-refractivity contribution in [2.45, 2.75) is 49.7 Å². The zero-order valence-corrected chi connectivity index (χ0v) is 23.6. The lowest BCUT2D eigenvalue weighted by molar-refractivity contribution is 0.108. The molecule has 4 fully saturated rings. The van der Waals surface area contributed by atoms with E-state index >= 15 is 0 Å². The lowest BCUT2D eigenvalue weighted by atomic mass is 9.94. The van der Waals surface area contributed by atoms with Crippen molar-refractivity contribution >= 4 is 27.5 Å². The van der Waals surface area contributed by atoms with Crippen molar-refractivity contribution in [1.82, 2.24) is 25.2 Å². The molecule has 2 aromatic carbocycles. The van der Waals surface area contributed by atoms with Crippen molar-refractivity contribution in [1.29, 1.82) is 0 Å². The first-order valence-corrected chi connectivity index (χ1v) is 14.9. The number of benzene rings is 2.